The smallest absolute Gasteiger partial charge is 0.279 e. The molecular formula is C21H25N3O3S2. The van der Waals surface area contributed by atoms with Crippen LogP contribution in [0.4, 0.5) is 0 Å². The molecule has 0 unspecified atom stereocenters. The molecule has 29 heavy (non-hydrogen) atoms. The molecule has 0 saturated carbocycles. The fourth-order valence-electron chi connectivity index (χ4n) is 3.02. The SMILES string of the molecule is CCCn1c(=NC(=O)c2ccc(C(C)(C)C)cc2)sc2cc(S(N)(=O)=O)ccc21. The van der Waals surface area contributed by atoms with E-state index >= 15 is 0 Å². The zero-order valence-electron chi connectivity index (χ0n) is 17.0. The molecule has 0 bridgehead atoms. The van der Waals surface area contributed by atoms with Crippen LogP contribution in [-0.4, -0.2) is 18.9 Å². The van der Waals surface area contributed by atoms with Gasteiger partial charge in [-0.25, -0.2) is 13.6 Å². The van der Waals surface area contributed by atoms with Crippen LogP contribution in [0.3, 0.4) is 0 Å². The molecule has 154 valence electrons. The molecule has 0 aliphatic carbocycles. The number of amides is 1. The zero-order chi connectivity index (χ0) is 21.4. The number of carbonyl (C=O) groups is 1. The molecule has 0 saturated heterocycles. The summed E-state index contributed by atoms with van der Waals surface area (Å²) in [5, 5.41) is 5.24. The van der Waals surface area contributed by atoms with Gasteiger partial charge in [0.1, 0.15) is 0 Å². The van der Waals surface area contributed by atoms with Crippen molar-refractivity contribution in [2.75, 3.05) is 0 Å². The molecule has 3 rings (SSSR count). The lowest BCUT2D eigenvalue weighted by Gasteiger charge is -2.18. The van der Waals surface area contributed by atoms with Crippen LogP contribution in [0.15, 0.2) is 52.4 Å². The Morgan fingerprint density at radius 1 is 1.14 bits per heavy atom. The van der Waals surface area contributed by atoms with Gasteiger partial charge in [0, 0.05) is 12.1 Å². The van der Waals surface area contributed by atoms with E-state index in [1.165, 1.54) is 23.5 Å². The molecule has 1 amide bonds. The van der Waals surface area contributed by atoms with Crippen molar-refractivity contribution < 1.29 is 13.2 Å². The Hall–Kier alpha value is -2.29. The number of thiazole rings is 1. The first-order chi connectivity index (χ1) is 13.5. The molecule has 2 N–H and O–H groups in total. The third kappa shape index (κ3) is 4.66. The molecular weight excluding hydrogens is 406 g/mol. The minimum Gasteiger partial charge on any atom is -0.316 e. The molecule has 0 spiro atoms. The quantitative estimate of drug-likeness (QED) is 0.681. The van der Waals surface area contributed by atoms with Crippen LogP contribution in [-0.2, 0) is 22.0 Å². The predicted octanol–water partition coefficient (Wildman–Crippen LogP) is 3.80. The largest absolute Gasteiger partial charge is 0.316 e. The van der Waals surface area contributed by atoms with E-state index in [2.05, 4.69) is 25.8 Å². The summed E-state index contributed by atoms with van der Waals surface area (Å²) in [5.41, 5.74) is 2.50. The molecule has 0 aliphatic heterocycles. The molecule has 0 fully saturated rings. The molecule has 0 radical (unpaired) electrons. The van der Waals surface area contributed by atoms with Crippen LogP contribution < -0.4 is 9.94 Å². The van der Waals surface area contributed by atoms with Crippen LogP contribution in [0.5, 0.6) is 0 Å². The Kier molecular flexibility index (Phi) is 5.80. The Balaban J connectivity index is 2.08. The fraction of sp³-hybridized carbons (Fsp3) is 0.333. The second kappa shape index (κ2) is 7.85. The van der Waals surface area contributed by atoms with Crippen molar-refractivity contribution in [3.8, 4) is 0 Å². The molecule has 0 atom stereocenters. The summed E-state index contributed by atoms with van der Waals surface area (Å²) in [4.78, 5) is 17.7. The number of rotatable bonds is 4. The maximum absolute atomic E-state index is 12.7. The van der Waals surface area contributed by atoms with Crippen molar-refractivity contribution in [2.24, 2.45) is 10.1 Å². The van der Waals surface area contributed by atoms with E-state index in [1.807, 2.05) is 23.6 Å². The summed E-state index contributed by atoms with van der Waals surface area (Å²) in [6.45, 7) is 9.06. The number of primary sulfonamides is 1. The number of nitrogens with two attached hydrogens (primary N) is 1. The minimum absolute atomic E-state index is 0.00931. The van der Waals surface area contributed by atoms with Gasteiger partial charge in [-0.05, 0) is 47.7 Å². The Morgan fingerprint density at radius 3 is 2.34 bits per heavy atom. The highest BCUT2D eigenvalue weighted by molar-refractivity contribution is 7.89. The summed E-state index contributed by atoms with van der Waals surface area (Å²) < 4.78 is 26.0. The number of hydrogen-bond donors (Lipinski definition) is 1. The third-order valence-electron chi connectivity index (χ3n) is 4.63. The lowest BCUT2D eigenvalue weighted by molar-refractivity contribution is 0.0997. The van der Waals surface area contributed by atoms with Gasteiger partial charge in [0.2, 0.25) is 10.0 Å². The van der Waals surface area contributed by atoms with Crippen LogP contribution >= 0.6 is 11.3 Å². The van der Waals surface area contributed by atoms with Gasteiger partial charge >= 0.3 is 0 Å². The first-order valence-electron chi connectivity index (χ1n) is 9.36. The number of benzene rings is 2. The molecule has 3 aromatic rings. The highest BCUT2D eigenvalue weighted by Crippen LogP contribution is 2.23. The maximum Gasteiger partial charge on any atom is 0.279 e. The first-order valence-corrected chi connectivity index (χ1v) is 11.7. The Labute approximate surface area is 174 Å². The summed E-state index contributed by atoms with van der Waals surface area (Å²) in [7, 11) is -3.79. The van der Waals surface area contributed by atoms with E-state index in [9.17, 15) is 13.2 Å². The Morgan fingerprint density at radius 2 is 1.79 bits per heavy atom. The lowest BCUT2D eigenvalue weighted by Crippen LogP contribution is -2.17. The van der Waals surface area contributed by atoms with Crippen LogP contribution in [0.25, 0.3) is 10.2 Å². The van der Waals surface area contributed by atoms with Gasteiger partial charge in [-0.2, -0.15) is 4.99 Å². The van der Waals surface area contributed by atoms with Gasteiger partial charge in [0.05, 0.1) is 15.1 Å². The summed E-state index contributed by atoms with van der Waals surface area (Å²) in [6.07, 6.45) is 0.852. The van der Waals surface area contributed by atoms with E-state index in [0.717, 1.165) is 22.2 Å². The van der Waals surface area contributed by atoms with Crippen molar-refractivity contribution in [2.45, 2.75) is 51.0 Å². The summed E-state index contributed by atoms with van der Waals surface area (Å²) >= 11 is 1.28. The van der Waals surface area contributed by atoms with Gasteiger partial charge in [-0.1, -0.05) is 51.2 Å². The highest BCUT2D eigenvalue weighted by Gasteiger charge is 2.15. The van der Waals surface area contributed by atoms with Gasteiger partial charge in [0.15, 0.2) is 4.80 Å². The maximum atomic E-state index is 12.7. The average molecular weight is 432 g/mol. The monoisotopic (exact) mass is 431 g/mol. The van der Waals surface area contributed by atoms with Gasteiger partial charge < -0.3 is 4.57 Å². The molecule has 2 aromatic carbocycles. The normalized spacial score (nSPS) is 13.2. The number of hydrogen-bond acceptors (Lipinski definition) is 4. The molecule has 0 aliphatic rings. The summed E-state index contributed by atoms with van der Waals surface area (Å²) in [6, 6.07) is 12.2. The van der Waals surface area contributed by atoms with Crippen molar-refractivity contribution in [3.63, 3.8) is 0 Å². The zero-order valence-corrected chi connectivity index (χ0v) is 18.6. The van der Waals surface area contributed by atoms with Gasteiger partial charge in [0.25, 0.3) is 5.91 Å². The fourth-order valence-corrected chi connectivity index (χ4v) is 4.73. The van der Waals surface area contributed by atoms with Crippen LogP contribution in [0, 0.1) is 0 Å². The second-order valence-corrected chi connectivity index (χ2v) is 10.5. The van der Waals surface area contributed by atoms with Crippen molar-refractivity contribution in [1.82, 2.24) is 4.57 Å². The number of nitrogens with zero attached hydrogens (tertiary/aromatic N) is 2. The van der Waals surface area contributed by atoms with E-state index in [-0.39, 0.29) is 16.2 Å². The van der Waals surface area contributed by atoms with Gasteiger partial charge in [-0.3, -0.25) is 4.79 Å². The first kappa shape index (κ1) is 21.4. The number of aryl methyl sites for hydroxylation is 1. The number of sulfonamides is 1. The molecule has 1 heterocycles. The van der Waals surface area contributed by atoms with Gasteiger partial charge in [-0.15, -0.1) is 0 Å². The number of carbonyl (C=O) groups excluding carboxylic acids is 1. The number of aromatic nitrogens is 1. The Bertz CT molecular complexity index is 1230. The molecule has 8 heteroatoms. The second-order valence-electron chi connectivity index (χ2n) is 7.96. The van der Waals surface area contributed by atoms with Crippen molar-refractivity contribution in [1.29, 1.82) is 0 Å². The van der Waals surface area contributed by atoms with E-state index in [0.29, 0.717) is 16.9 Å². The minimum atomic E-state index is -3.79. The van der Waals surface area contributed by atoms with E-state index in [1.54, 1.807) is 18.2 Å². The van der Waals surface area contributed by atoms with Crippen LogP contribution in [0.1, 0.15) is 50.0 Å². The summed E-state index contributed by atoms with van der Waals surface area (Å²) in [5.74, 6) is -0.325. The third-order valence-corrected chi connectivity index (χ3v) is 6.58. The van der Waals surface area contributed by atoms with Crippen molar-refractivity contribution >= 4 is 37.5 Å². The topological polar surface area (TPSA) is 94.5 Å². The highest BCUT2D eigenvalue weighted by atomic mass is 32.2. The number of fused-ring (bicyclic) bond motifs is 1. The van der Waals surface area contributed by atoms with E-state index < -0.39 is 10.0 Å². The van der Waals surface area contributed by atoms with E-state index in [4.69, 9.17) is 5.14 Å². The predicted molar refractivity (Wildman–Crippen MR) is 117 cm³/mol. The molecule has 1 aromatic heterocycles. The van der Waals surface area contributed by atoms with Crippen LogP contribution in [0.2, 0.25) is 0 Å². The standard InChI is InChI=1S/C21H25N3O3S2/c1-5-12-24-17-11-10-16(29(22,26)27)13-18(17)28-20(24)23-19(25)14-6-8-15(9-7-14)21(2,3)4/h6-11,13H,5,12H2,1-4H3,(H2,22,26,27). The lowest BCUT2D eigenvalue weighted by atomic mass is 9.87. The molecule has 6 nitrogen and oxygen atoms in total. The van der Waals surface area contributed by atoms with Crippen molar-refractivity contribution in [3.05, 3.63) is 58.4 Å². The average Bonchev–Trinajstić information content (AvgIpc) is 2.97.